The third-order valence-corrected chi connectivity index (χ3v) is 10.5. The van der Waals surface area contributed by atoms with Crippen molar-refractivity contribution in [2.45, 2.75) is 12.8 Å². The predicted octanol–water partition coefficient (Wildman–Crippen LogP) is 12.2. The summed E-state index contributed by atoms with van der Waals surface area (Å²) in [6, 6.07) is 53.5. The molecule has 0 saturated heterocycles. The van der Waals surface area contributed by atoms with E-state index in [1.54, 1.807) is 11.3 Å². The van der Waals surface area contributed by atoms with E-state index in [1.165, 1.54) is 48.0 Å². The second-order valence-electron chi connectivity index (χ2n) is 12.3. The highest BCUT2D eigenvalue weighted by molar-refractivity contribution is 7.26. The van der Waals surface area contributed by atoms with E-state index < -0.39 is 0 Å². The van der Waals surface area contributed by atoms with Crippen molar-refractivity contribution in [3.63, 3.8) is 0 Å². The van der Waals surface area contributed by atoms with Crippen LogP contribution >= 0.6 is 11.3 Å². The van der Waals surface area contributed by atoms with Gasteiger partial charge in [0.2, 0.25) is 0 Å². The normalized spacial score (nSPS) is 13.0. The van der Waals surface area contributed by atoms with E-state index in [0.29, 0.717) is 11.6 Å². The second kappa shape index (κ2) is 12.6. The zero-order chi connectivity index (χ0) is 32.6. The first-order valence-corrected chi connectivity index (χ1v) is 17.5. The molecular weight excluding hydrogens is 615 g/mol. The molecule has 6 aromatic carbocycles. The Balaban J connectivity index is 1.19. The number of aromatic nitrogens is 3. The quantitative estimate of drug-likeness (QED) is 0.181. The van der Waals surface area contributed by atoms with Crippen molar-refractivity contribution in [3.8, 4) is 45.0 Å². The Morgan fingerprint density at radius 1 is 0.449 bits per heavy atom. The number of hydrogen-bond acceptors (Lipinski definition) is 4. The minimum absolute atomic E-state index is 0.678. The molecule has 9 rings (SSSR count). The van der Waals surface area contributed by atoms with E-state index >= 15 is 0 Å². The zero-order valence-corrected chi connectivity index (χ0v) is 27.6. The van der Waals surface area contributed by atoms with Crippen LogP contribution in [-0.2, 0) is 0 Å². The van der Waals surface area contributed by atoms with Crippen LogP contribution in [0.1, 0.15) is 24.2 Å². The largest absolute Gasteiger partial charge is 0.208 e. The summed E-state index contributed by atoms with van der Waals surface area (Å²) in [6.07, 6.45) is 6.29. The van der Waals surface area contributed by atoms with Gasteiger partial charge in [-0.05, 0) is 64.4 Å². The number of hydrogen-bond donors (Lipinski definition) is 0. The minimum atomic E-state index is 0.678. The first-order valence-electron chi connectivity index (χ1n) is 16.7. The Morgan fingerprint density at radius 3 is 1.84 bits per heavy atom. The molecule has 2 heterocycles. The van der Waals surface area contributed by atoms with Crippen molar-refractivity contribution in [2.75, 3.05) is 0 Å². The molecule has 0 fully saturated rings. The third kappa shape index (κ3) is 5.56. The second-order valence-corrected chi connectivity index (χ2v) is 13.4. The number of nitrogens with zero attached hydrogens (tertiary/aromatic N) is 3. The Morgan fingerprint density at radius 2 is 1.04 bits per heavy atom. The summed E-state index contributed by atoms with van der Waals surface area (Å²) in [5.74, 6) is 2.12. The van der Waals surface area contributed by atoms with Crippen LogP contribution in [0.15, 0.2) is 164 Å². The van der Waals surface area contributed by atoms with Gasteiger partial charge in [0, 0.05) is 36.9 Å². The van der Waals surface area contributed by atoms with Gasteiger partial charge in [-0.1, -0.05) is 146 Å². The van der Waals surface area contributed by atoms with Crippen LogP contribution in [0.3, 0.4) is 0 Å². The van der Waals surface area contributed by atoms with E-state index in [0.717, 1.165) is 40.9 Å². The molecular formula is C45H31N3S. The van der Waals surface area contributed by atoms with Crippen LogP contribution in [0, 0.1) is 0 Å². The number of thiophene rings is 1. The zero-order valence-electron chi connectivity index (χ0n) is 26.8. The van der Waals surface area contributed by atoms with Crippen molar-refractivity contribution in [2.24, 2.45) is 0 Å². The first-order chi connectivity index (χ1) is 24.3. The molecule has 3 nitrogen and oxygen atoms in total. The van der Waals surface area contributed by atoms with Gasteiger partial charge in [-0.25, -0.2) is 15.0 Å². The van der Waals surface area contributed by atoms with Gasteiger partial charge in [0.15, 0.2) is 17.5 Å². The van der Waals surface area contributed by atoms with E-state index in [9.17, 15) is 0 Å². The lowest BCUT2D eigenvalue weighted by Gasteiger charge is -2.17. The molecule has 2 aromatic heterocycles. The summed E-state index contributed by atoms with van der Waals surface area (Å²) in [4.78, 5) is 15.6. The molecule has 49 heavy (non-hydrogen) atoms. The van der Waals surface area contributed by atoms with Gasteiger partial charge in [0.1, 0.15) is 0 Å². The van der Waals surface area contributed by atoms with Crippen LogP contribution in [0.5, 0.6) is 0 Å². The predicted molar refractivity (Wildman–Crippen MR) is 206 cm³/mol. The van der Waals surface area contributed by atoms with Gasteiger partial charge in [0.05, 0.1) is 0 Å². The van der Waals surface area contributed by atoms with Crippen molar-refractivity contribution < 1.29 is 0 Å². The molecule has 0 spiro atoms. The summed E-state index contributed by atoms with van der Waals surface area (Å²) >= 11 is 1.80. The average molecular weight is 646 g/mol. The number of allylic oxidation sites excluding steroid dienone is 4. The first kappa shape index (κ1) is 29.2. The van der Waals surface area contributed by atoms with E-state index in [1.807, 2.05) is 0 Å². The van der Waals surface area contributed by atoms with Crippen molar-refractivity contribution in [3.05, 3.63) is 175 Å². The van der Waals surface area contributed by atoms with E-state index in [2.05, 4.69) is 164 Å². The highest BCUT2D eigenvalue weighted by atomic mass is 32.1. The van der Waals surface area contributed by atoms with Crippen LogP contribution in [0.2, 0.25) is 0 Å². The van der Waals surface area contributed by atoms with Gasteiger partial charge in [-0.3, -0.25) is 0 Å². The highest BCUT2D eigenvalue weighted by Crippen LogP contribution is 2.40. The Labute approximate surface area is 289 Å². The van der Waals surface area contributed by atoms with Gasteiger partial charge >= 0.3 is 0 Å². The lowest BCUT2D eigenvalue weighted by molar-refractivity contribution is 0.981. The number of benzene rings is 6. The molecule has 0 radical (unpaired) electrons. The summed E-state index contributed by atoms with van der Waals surface area (Å²) in [7, 11) is 0. The van der Waals surface area contributed by atoms with Crippen molar-refractivity contribution in [1.29, 1.82) is 0 Å². The summed E-state index contributed by atoms with van der Waals surface area (Å²) in [5, 5.41) is 2.49. The maximum Gasteiger partial charge on any atom is 0.165 e. The lowest BCUT2D eigenvalue weighted by atomic mass is 9.91. The molecule has 0 amide bonds. The van der Waals surface area contributed by atoms with Crippen LogP contribution < -0.4 is 0 Å². The highest BCUT2D eigenvalue weighted by Gasteiger charge is 2.20. The SMILES string of the molecule is C1=CC(c2ccccc2)=C(c2nc(-c3ccc(-c4cccc(-c5ccccc5)c4)cc3)nc(-c3cccc4c3sc3ccccc34)n2)CC1. The minimum Gasteiger partial charge on any atom is -0.208 e. The monoisotopic (exact) mass is 645 g/mol. The fourth-order valence-electron chi connectivity index (χ4n) is 6.79. The van der Waals surface area contributed by atoms with Crippen LogP contribution in [-0.4, -0.2) is 15.0 Å². The molecule has 8 aromatic rings. The van der Waals surface area contributed by atoms with Crippen molar-refractivity contribution in [1.82, 2.24) is 15.0 Å². The standard InChI is InChI=1S/C45H31N3S/c1-3-13-30(14-4-1)34-17-11-18-35(29-34)31-25-27-33(28-26-31)43-46-44(39-21-8-7-19-36(39)32-15-5-2-6-16-32)48-45(47-43)40-23-12-22-38-37-20-9-10-24-41(37)49-42(38)40/h1-7,9-20,22-29H,8,21H2. The molecule has 0 saturated carbocycles. The topological polar surface area (TPSA) is 38.7 Å². The van der Waals surface area contributed by atoms with E-state index in [4.69, 9.17) is 15.0 Å². The molecule has 0 atom stereocenters. The van der Waals surface area contributed by atoms with Gasteiger partial charge in [-0.2, -0.15) is 0 Å². The molecule has 0 bridgehead atoms. The molecule has 4 heteroatoms. The molecule has 0 N–H and O–H groups in total. The molecule has 0 aliphatic heterocycles. The lowest BCUT2D eigenvalue weighted by Crippen LogP contribution is -2.05. The van der Waals surface area contributed by atoms with Crippen LogP contribution in [0.4, 0.5) is 0 Å². The number of fused-ring (bicyclic) bond motifs is 3. The fraction of sp³-hybridized carbons (Fsp3) is 0.0444. The number of rotatable bonds is 6. The third-order valence-electron chi connectivity index (χ3n) is 9.25. The van der Waals surface area contributed by atoms with Gasteiger partial charge in [-0.15, -0.1) is 11.3 Å². The summed E-state index contributed by atoms with van der Waals surface area (Å²) < 4.78 is 2.46. The molecule has 1 aliphatic rings. The smallest absolute Gasteiger partial charge is 0.165 e. The fourth-order valence-corrected chi connectivity index (χ4v) is 8.00. The van der Waals surface area contributed by atoms with Gasteiger partial charge in [0.25, 0.3) is 0 Å². The van der Waals surface area contributed by atoms with E-state index in [-0.39, 0.29) is 0 Å². The Hall–Kier alpha value is -5.97. The van der Waals surface area contributed by atoms with Crippen LogP contribution in [0.25, 0.3) is 76.3 Å². The maximum atomic E-state index is 5.25. The Kier molecular flexibility index (Phi) is 7.49. The van der Waals surface area contributed by atoms with Gasteiger partial charge < -0.3 is 0 Å². The Bertz CT molecular complexity index is 2530. The van der Waals surface area contributed by atoms with Crippen molar-refractivity contribution >= 4 is 42.7 Å². The molecule has 0 unspecified atom stereocenters. The molecule has 232 valence electrons. The molecule has 1 aliphatic carbocycles. The summed E-state index contributed by atoms with van der Waals surface area (Å²) in [6.45, 7) is 0. The summed E-state index contributed by atoms with van der Waals surface area (Å²) in [5.41, 5.74) is 10.2. The maximum absolute atomic E-state index is 5.25. The average Bonchev–Trinajstić information content (AvgIpc) is 3.58.